The molecule has 0 aromatic heterocycles. The summed E-state index contributed by atoms with van der Waals surface area (Å²) in [5.41, 5.74) is 4.27. The number of carbonyl (C=O) groups excluding carboxylic acids is 2. The lowest BCUT2D eigenvalue weighted by Gasteiger charge is -2.30. The fourth-order valence-corrected chi connectivity index (χ4v) is 4.44. The van der Waals surface area contributed by atoms with E-state index in [4.69, 9.17) is 9.84 Å². The average molecular weight is 467 g/mol. The third kappa shape index (κ3) is 5.95. The summed E-state index contributed by atoms with van der Waals surface area (Å²) >= 11 is 0. The maximum Gasteiger partial charge on any atom is 0.407 e. The number of rotatable bonds is 8. The molecule has 2 amide bonds. The van der Waals surface area contributed by atoms with Crippen molar-refractivity contribution in [3.8, 4) is 11.1 Å². The predicted molar refractivity (Wildman–Crippen MR) is 131 cm³/mol. The number of aliphatic carboxylic acids is 1. The number of nitrogens with one attached hydrogen (secondary N) is 1. The minimum Gasteiger partial charge on any atom is -0.481 e. The van der Waals surface area contributed by atoms with Crippen molar-refractivity contribution in [3.63, 3.8) is 0 Å². The smallest absolute Gasteiger partial charge is 0.407 e. The van der Waals surface area contributed by atoms with E-state index in [2.05, 4.69) is 17.4 Å². The van der Waals surface area contributed by atoms with Crippen LogP contribution < -0.4 is 5.32 Å². The van der Waals surface area contributed by atoms with Crippen LogP contribution in [-0.2, 0) is 14.3 Å². The monoisotopic (exact) mass is 466 g/mol. The lowest BCUT2D eigenvalue weighted by Crippen LogP contribution is -2.50. The van der Waals surface area contributed by atoms with Gasteiger partial charge in [-0.1, -0.05) is 76.2 Å². The number of amides is 2. The number of carbonyl (C=O) groups is 3. The van der Waals surface area contributed by atoms with Crippen molar-refractivity contribution in [2.45, 2.75) is 46.1 Å². The summed E-state index contributed by atoms with van der Waals surface area (Å²) in [6, 6.07) is 15.4. The molecule has 182 valence electrons. The van der Waals surface area contributed by atoms with Gasteiger partial charge in [-0.3, -0.25) is 9.59 Å². The maximum absolute atomic E-state index is 13.1. The largest absolute Gasteiger partial charge is 0.481 e. The highest BCUT2D eigenvalue weighted by atomic mass is 16.5. The third-order valence-corrected chi connectivity index (χ3v) is 6.10. The van der Waals surface area contributed by atoms with Gasteiger partial charge in [0.25, 0.3) is 0 Å². The summed E-state index contributed by atoms with van der Waals surface area (Å²) in [7, 11) is 1.55. The molecule has 1 aliphatic rings. The molecule has 0 spiro atoms. The van der Waals surface area contributed by atoms with E-state index >= 15 is 0 Å². The van der Waals surface area contributed by atoms with Gasteiger partial charge in [0.2, 0.25) is 5.91 Å². The number of fused-ring (bicyclic) bond motifs is 3. The quantitative estimate of drug-likeness (QED) is 0.597. The Kier molecular flexibility index (Phi) is 7.64. The van der Waals surface area contributed by atoms with Gasteiger partial charge in [0.15, 0.2) is 0 Å². The van der Waals surface area contributed by atoms with Gasteiger partial charge in [0.1, 0.15) is 12.6 Å². The second-order valence-electron chi connectivity index (χ2n) is 10.2. The Morgan fingerprint density at radius 2 is 1.56 bits per heavy atom. The van der Waals surface area contributed by atoms with Crippen LogP contribution in [-0.4, -0.2) is 54.2 Å². The molecule has 3 rings (SSSR count). The van der Waals surface area contributed by atoms with Crippen LogP contribution in [0.4, 0.5) is 4.79 Å². The maximum atomic E-state index is 13.1. The van der Waals surface area contributed by atoms with Crippen LogP contribution in [0.15, 0.2) is 48.5 Å². The second-order valence-corrected chi connectivity index (χ2v) is 10.2. The molecule has 0 bridgehead atoms. The molecule has 0 heterocycles. The van der Waals surface area contributed by atoms with E-state index in [0.717, 1.165) is 22.3 Å². The standard InChI is InChI=1S/C27H34N2O5/c1-17(25(31)32)15-29(5)24(30)23(14-27(2,3)4)28-26(33)34-16-22-20-12-8-6-10-18(20)19-11-7-9-13-21(19)22/h6-13,17,22-23H,14-16H2,1-5H3,(H,28,33)(H,31,32). The number of hydrogen-bond donors (Lipinski definition) is 2. The van der Waals surface area contributed by atoms with E-state index in [1.165, 1.54) is 4.90 Å². The number of nitrogens with zero attached hydrogens (tertiary/aromatic N) is 1. The van der Waals surface area contributed by atoms with E-state index in [1.807, 2.05) is 57.2 Å². The first-order valence-corrected chi connectivity index (χ1v) is 11.6. The first kappa shape index (κ1) is 25.3. The van der Waals surface area contributed by atoms with Crippen LogP contribution in [0.2, 0.25) is 0 Å². The first-order valence-electron chi connectivity index (χ1n) is 11.6. The Morgan fingerprint density at radius 1 is 1.03 bits per heavy atom. The predicted octanol–water partition coefficient (Wildman–Crippen LogP) is 4.51. The van der Waals surface area contributed by atoms with Gasteiger partial charge in [0.05, 0.1) is 5.92 Å². The van der Waals surface area contributed by atoms with Gasteiger partial charge in [-0.15, -0.1) is 0 Å². The number of carboxylic acids is 1. The van der Waals surface area contributed by atoms with Crippen molar-refractivity contribution < 1.29 is 24.2 Å². The Bertz CT molecular complexity index is 1010. The summed E-state index contributed by atoms with van der Waals surface area (Å²) in [4.78, 5) is 38.4. The normalized spacial score (nSPS) is 14.5. The molecule has 7 nitrogen and oxygen atoms in total. The fourth-order valence-electron chi connectivity index (χ4n) is 4.44. The van der Waals surface area contributed by atoms with Crippen LogP contribution in [0.1, 0.15) is 51.2 Å². The minimum absolute atomic E-state index is 0.0567. The second kappa shape index (κ2) is 10.3. The molecular weight excluding hydrogens is 432 g/mol. The molecule has 34 heavy (non-hydrogen) atoms. The van der Waals surface area contributed by atoms with Gasteiger partial charge in [0, 0.05) is 19.5 Å². The Labute approximate surface area is 201 Å². The van der Waals surface area contributed by atoms with Gasteiger partial charge in [-0.2, -0.15) is 0 Å². The zero-order valence-electron chi connectivity index (χ0n) is 20.5. The van der Waals surface area contributed by atoms with E-state index in [-0.39, 0.29) is 30.4 Å². The molecule has 2 atom stereocenters. The van der Waals surface area contributed by atoms with E-state index < -0.39 is 24.0 Å². The third-order valence-electron chi connectivity index (χ3n) is 6.10. The van der Waals surface area contributed by atoms with Crippen molar-refractivity contribution in [2.24, 2.45) is 11.3 Å². The van der Waals surface area contributed by atoms with Crippen LogP contribution in [0.3, 0.4) is 0 Å². The zero-order valence-corrected chi connectivity index (χ0v) is 20.5. The Morgan fingerprint density at radius 3 is 2.06 bits per heavy atom. The lowest BCUT2D eigenvalue weighted by atomic mass is 9.87. The highest BCUT2D eigenvalue weighted by Gasteiger charge is 2.32. The molecule has 0 saturated carbocycles. The van der Waals surface area contributed by atoms with Gasteiger partial charge >= 0.3 is 12.1 Å². The number of likely N-dealkylation sites (N-methyl/N-ethyl adjacent to an activating group) is 1. The summed E-state index contributed by atoms with van der Waals surface area (Å²) < 4.78 is 5.62. The molecule has 0 radical (unpaired) electrons. The summed E-state index contributed by atoms with van der Waals surface area (Å²) in [5.74, 6) is -2.10. The minimum atomic E-state index is -0.975. The molecule has 2 unspecified atom stereocenters. The Hall–Kier alpha value is -3.35. The molecule has 0 fully saturated rings. The van der Waals surface area contributed by atoms with Crippen LogP contribution in [0.25, 0.3) is 11.1 Å². The van der Waals surface area contributed by atoms with Crippen LogP contribution in [0, 0.1) is 11.3 Å². The molecule has 2 N–H and O–H groups in total. The van der Waals surface area contributed by atoms with Crippen molar-refractivity contribution >= 4 is 18.0 Å². The van der Waals surface area contributed by atoms with Gasteiger partial charge in [-0.25, -0.2) is 4.79 Å². The van der Waals surface area contributed by atoms with Gasteiger partial charge < -0.3 is 20.1 Å². The highest BCUT2D eigenvalue weighted by molar-refractivity contribution is 5.86. The van der Waals surface area contributed by atoms with Gasteiger partial charge in [-0.05, 0) is 34.1 Å². The number of carboxylic acid groups (broad SMARTS) is 1. The number of hydrogen-bond acceptors (Lipinski definition) is 4. The summed E-state index contributed by atoms with van der Waals surface area (Å²) in [5, 5.41) is 11.9. The highest BCUT2D eigenvalue weighted by Crippen LogP contribution is 2.44. The molecule has 7 heteroatoms. The fraction of sp³-hybridized carbons (Fsp3) is 0.444. The molecule has 0 aliphatic heterocycles. The zero-order chi connectivity index (χ0) is 25.0. The Balaban J connectivity index is 1.69. The van der Waals surface area contributed by atoms with E-state index in [0.29, 0.717) is 6.42 Å². The topological polar surface area (TPSA) is 95.9 Å². The summed E-state index contributed by atoms with van der Waals surface area (Å²) in [6.07, 6.45) is -0.272. The van der Waals surface area contributed by atoms with Crippen molar-refractivity contribution in [1.82, 2.24) is 10.2 Å². The van der Waals surface area contributed by atoms with E-state index in [9.17, 15) is 14.4 Å². The van der Waals surface area contributed by atoms with Crippen molar-refractivity contribution in [1.29, 1.82) is 0 Å². The number of ether oxygens (including phenoxy) is 1. The average Bonchev–Trinajstić information content (AvgIpc) is 3.09. The van der Waals surface area contributed by atoms with Crippen molar-refractivity contribution in [2.75, 3.05) is 20.2 Å². The SMILES string of the molecule is CC(CN(C)C(=O)C(CC(C)(C)C)NC(=O)OCC1c2ccccc2-c2ccccc21)C(=O)O. The molecule has 2 aromatic rings. The molecule has 1 aliphatic carbocycles. The first-order chi connectivity index (χ1) is 16.0. The molecular formula is C27H34N2O5. The lowest BCUT2D eigenvalue weighted by molar-refractivity contribution is -0.143. The van der Waals surface area contributed by atoms with Crippen LogP contribution >= 0.6 is 0 Å². The number of benzene rings is 2. The van der Waals surface area contributed by atoms with E-state index in [1.54, 1.807) is 14.0 Å². The number of alkyl carbamates (subject to hydrolysis) is 1. The molecule has 0 saturated heterocycles. The molecule has 2 aromatic carbocycles. The van der Waals surface area contributed by atoms with Crippen molar-refractivity contribution in [3.05, 3.63) is 59.7 Å². The summed E-state index contributed by atoms with van der Waals surface area (Å²) in [6.45, 7) is 7.69. The van der Waals surface area contributed by atoms with Crippen LogP contribution in [0.5, 0.6) is 0 Å².